The molecular formula is C17H15N3OS2. The molecule has 3 aromatic rings. The van der Waals surface area contributed by atoms with Crippen LogP contribution in [0.15, 0.2) is 68.6 Å². The Labute approximate surface area is 145 Å². The number of nitrogens with one attached hydrogen (secondary N) is 1. The molecule has 0 aromatic heterocycles. The third-order valence-electron chi connectivity index (χ3n) is 3.43. The lowest BCUT2D eigenvalue weighted by atomic mass is 10.1. The monoisotopic (exact) mass is 341 g/mol. The Morgan fingerprint density at radius 2 is 1.74 bits per heavy atom. The van der Waals surface area contributed by atoms with Crippen molar-refractivity contribution >= 4 is 53.1 Å². The maximum atomic E-state index is 10.1. The second-order valence-electron chi connectivity index (χ2n) is 4.99. The average molecular weight is 341 g/mol. The van der Waals surface area contributed by atoms with Gasteiger partial charge in [-0.2, -0.15) is 5.11 Å². The Kier molecular flexibility index (Phi) is 4.45. The van der Waals surface area contributed by atoms with Crippen LogP contribution in [-0.4, -0.2) is 12.2 Å². The topological polar surface area (TPSA) is 57.0 Å². The fourth-order valence-corrected chi connectivity index (χ4v) is 2.83. The largest absolute Gasteiger partial charge is 0.507 e. The minimum Gasteiger partial charge on any atom is -0.507 e. The Balaban J connectivity index is 2.18. The number of benzene rings is 3. The Morgan fingerprint density at radius 3 is 2.48 bits per heavy atom. The summed E-state index contributed by atoms with van der Waals surface area (Å²) in [5.41, 5.74) is 2.19. The van der Waals surface area contributed by atoms with E-state index in [-0.39, 0.29) is 5.75 Å². The van der Waals surface area contributed by atoms with Crippen LogP contribution in [0.4, 0.5) is 17.1 Å². The summed E-state index contributed by atoms with van der Waals surface area (Å²) in [4.78, 5) is 1.49. The number of phenols is 1. The summed E-state index contributed by atoms with van der Waals surface area (Å²) in [6, 6.07) is 14.6. The zero-order chi connectivity index (χ0) is 16.4. The number of thiol groups is 2. The smallest absolute Gasteiger partial charge is 0.124 e. The summed E-state index contributed by atoms with van der Waals surface area (Å²) in [5.74, 6) is 0.170. The molecule has 0 aliphatic rings. The number of hydrogen-bond acceptors (Lipinski definition) is 6. The first-order valence-electron chi connectivity index (χ1n) is 6.95. The van der Waals surface area contributed by atoms with Gasteiger partial charge in [-0.3, -0.25) is 0 Å². The zero-order valence-corrected chi connectivity index (χ0v) is 14.1. The first kappa shape index (κ1) is 15.7. The summed E-state index contributed by atoms with van der Waals surface area (Å²) >= 11 is 8.63. The second-order valence-corrected chi connectivity index (χ2v) is 6.02. The molecule has 0 unspecified atom stereocenters. The lowest BCUT2D eigenvalue weighted by Gasteiger charge is -2.10. The van der Waals surface area contributed by atoms with Crippen LogP contribution in [0, 0.1) is 0 Å². The molecule has 116 valence electrons. The van der Waals surface area contributed by atoms with E-state index < -0.39 is 0 Å². The van der Waals surface area contributed by atoms with Gasteiger partial charge in [-0.25, -0.2) is 0 Å². The number of anilines is 1. The molecule has 0 saturated carbocycles. The summed E-state index contributed by atoms with van der Waals surface area (Å²) in [6.07, 6.45) is 0. The van der Waals surface area contributed by atoms with Gasteiger partial charge in [0.2, 0.25) is 0 Å². The van der Waals surface area contributed by atoms with E-state index in [2.05, 4.69) is 40.8 Å². The quantitative estimate of drug-likeness (QED) is 0.371. The lowest BCUT2D eigenvalue weighted by Crippen LogP contribution is -1.89. The van der Waals surface area contributed by atoms with E-state index in [0.29, 0.717) is 21.7 Å². The van der Waals surface area contributed by atoms with Crippen LogP contribution in [-0.2, 0) is 0 Å². The van der Waals surface area contributed by atoms with E-state index in [1.807, 2.05) is 49.5 Å². The molecule has 3 rings (SSSR count). The molecule has 0 bridgehead atoms. The van der Waals surface area contributed by atoms with Gasteiger partial charge in [0, 0.05) is 27.6 Å². The standard InChI is InChI=1S/C17H15N3OS2/c1-18-15-6-5-13-14(8-12(23)9-16(13)21)17(15)20-19-10-3-2-4-11(22)7-10/h2-9,18,21-23H,1H3. The van der Waals surface area contributed by atoms with Gasteiger partial charge in [-0.05, 0) is 42.5 Å². The predicted molar refractivity (Wildman–Crippen MR) is 100 cm³/mol. The highest BCUT2D eigenvalue weighted by atomic mass is 32.1. The highest BCUT2D eigenvalue weighted by molar-refractivity contribution is 7.80. The average Bonchev–Trinajstić information content (AvgIpc) is 2.52. The second kappa shape index (κ2) is 6.52. The molecule has 0 radical (unpaired) electrons. The van der Waals surface area contributed by atoms with E-state index in [1.165, 1.54) is 0 Å². The third kappa shape index (κ3) is 3.28. The van der Waals surface area contributed by atoms with Crippen molar-refractivity contribution in [2.75, 3.05) is 12.4 Å². The summed E-state index contributed by atoms with van der Waals surface area (Å²) < 4.78 is 0. The van der Waals surface area contributed by atoms with Gasteiger partial charge in [0.25, 0.3) is 0 Å². The Morgan fingerprint density at radius 1 is 0.913 bits per heavy atom. The van der Waals surface area contributed by atoms with Crippen molar-refractivity contribution in [1.29, 1.82) is 0 Å². The summed E-state index contributed by atoms with van der Waals surface area (Å²) in [6.45, 7) is 0. The van der Waals surface area contributed by atoms with E-state index in [1.54, 1.807) is 6.07 Å². The van der Waals surface area contributed by atoms with Crippen molar-refractivity contribution in [1.82, 2.24) is 0 Å². The molecule has 0 heterocycles. The molecule has 4 nitrogen and oxygen atoms in total. The van der Waals surface area contributed by atoms with Gasteiger partial charge in [-0.1, -0.05) is 6.07 Å². The van der Waals surface area contributed by atoms with Crippen LogP contribution in [0.25, 0.3) is 10.8 Å². The fourth-order valence-electron chi connectivity index (χ4n) is 2.36. The number of fused-ring (bicyclic) bond motifs is 1. The Bertz CT molecular complexity index is 910. The molecule has 6 heteroatoms. The van der Waals surface area contributed by atoms with E-state index in [0.717, 1.165) is 16.0 Å². The van der Waals surface area contributed by atoms with Crippen LogP contribution < -0.4 is 5.32 Å². The minimum atomic E-state index is 0.170. The first-order chi connectivity index (χ1) is 11.1. The number of aromatic hydroxyl groups is 1. The number of rotatable bonds is 3. The van der Waals surface area contributed by atoms with Gasteiger partial charge in [0.05, 0.1) is 11.4 Å². The number of hydrogen-bond donors (Lipinski definition) is 4. The lowest BCUT2D eigenvalue weighted by molar-refractivity contribution is 0.480. The van der Waals surface area contributed by atoms with Crippen molar-refractivity contribution in [2.45, 2.75) is 9.79 Å². The SMILES string of the molecule is CNc1ccc2c(O)cc(S)cc2c1N=Nc1cccc(S)c1. The van der Waals surface area contributed by atoms with Crippen molar-refractivity contribution in [3.63, 3.8) is 0 Å². The normalized spacial score (nSPS) is 11.3. The van der Waals surface area contributed by atoms with Crippen molar-refractivity contribution in [3.05, 3.63) is 48.5 Å². The van der Waals surface area contributed by atoms with E-state index >= 15 is 0 Å². The van der Waals surface area contributed by atoms with Crippen LogP contribution in [0.5, 0.6) is 5.75 Å². The third-order valence-corrected chi connectivity index (χ3v) is 3.97. The maximum Gasteiger partial charge on any atom is 0.124 e. The molecule has 0 spiro atoms. The van der Waals surface area contributed by atoms with Gasteiger partial charge < -0.3 is 10.4 Å². The van der Waals surface area contributed by atoms with Crippen molar-refractivity contribution in [3.8, 4) is 5.75 Å². The van der Waals surface area contributed by atoms with E-state index in [9.17, 15) is 5.11 Å². The number of azo groups is 1. The highest BCUT2D eigenvalue weighted by Crippen LogP contribution is 2.39. The molecule has 0 aliphatic heterocycles. The summed E-state index contributed by atoms with van der Waals surface area (Å²) in [5, 5.41) is 23.4. The van der Waals surface area contributed by atoms with E-state index in [4.69, 9.17) is 0 Å². The predicted octanol–water partition coefficient (Wildman–Crippen LogP) is 5.58. The molecule has 0 amide bonds. The van der Waals surface area contributed by atoms with Gasteiger partial charge in [0.1, 0.15) is 11.4 Å². The molecule has 0 fully saturated rings. The molecule has 23 heavy (non-hydrogen) atoms. The molecule has 0 atom stereocenters. The van der Waals surface area contributed by atoms with Gasteiger partial charge in [0.15, 0.2) is 0 Å². The number of phenolic OH excluding ortho intramolecular Hbond substituents is 1. The molecule has 3 aromatic carbocycles. The Hall–Kier alpha value is -2.18. The molecular weight excluding hydrogens is 326 g/mol. The highest BCUT2D eigenvalue weighted by Gasteiger charge is 2.10. The van der Waals surface area contributed by atoms with Gasteiger partial charge >= 0.3 is 0 Å². The first-order valence-corrected chi connectivity index (χ1v) is 7.85. The van der Waals surface area contributed by atoms with Crippen LogP contribution in [0.3, 0.4) is 0 Å². The molecule has 0 saturated heterocycles. The number of nitrogens with zero attached hydrogens (tertiary/aromatic N) is 2. The van der Waals surface area contributed by atoms with Crippen molar-refractivity contribution in [2.24, 2.45) is 10.2 Å². The van der Waals surface area contributed by atoms with Crippen molar-refractivity contribution < 1.29 is 5.11 Å². The maximum absolute atomic E-state index is 10.1. The van der Waals surface area contributed by atoms with Gasteiger partial charge in [-0.15, -0.1) is 30.4 Å². The molecule has 2 N–H and O–H groups in total. The van der Waals surface area contributed by atoms with Crippen LogP contribution in [0.2, 0.25) is 0 Å². The summed E-state index contributed by atoms with van der Waals surface area (Å²) in [7, 11) is 1.82. The zero-order valence-electron chi connectivity index (χ0n) is 12.4. The van der Waals surface area contributed by atoms with Crippen LogP contribution >= 0.6 is 25.3 Å². The fraction of sp³-hybridized carbons (Fsp3) is 0.0588. The molecule has 0 aliphatic carbocycles. The van der Waals surface area contributed by atoms with Crippen LogP contribution in [0.1, 0.15) is 0 Å². The minimum absolute atomic E-state index is 0.170.